The van der Waals surface area contributed by atoms with Crippen LogP contribution in [0.15, 0.2) is 30.5 Å². The summed E-state index contributed by atoms with van der Waals surface area (Å²) in [6, 6.07) is 4.88. The second-order valence-corrected chi connectivity index (χ2v) is 6.60. The van der Waals surface area contributed by atoms with Crippen LogP contribution in [0, 0.1) is 18.7 Å². The van der Waals surface area contributed by atoms with E-state index >= 15 is 0 Å². The van der Waals surface area contributed by atoms with Gasteiger partial charge in [-0.05, 0) is 25.5 Å². The number of hydrogen-bond acceptors (Lipinski definition) is 4. The number of rotatable bonds is 5. The number of benzene rings is 1. The number of hydrogen-bond donors (Lipinski definition) is 2. The molecule has 28 heavy (non-hydrogen) atoms. The quantitative estimate of drug-likeness (QED) is 0.751. The highest BCUT2D eigenvalue weighted by molar-refractivity contribution is 5.79. The molecule has 0 spiro atoms. The van der Waals surface area contributed by atoms with E-state index in [-0.39, 0.29) is 35.4 Å². The van der Waals surface area contributed by atoms with Crippen LogP contribution >= 0.6 is 0 Å². The third kappa shape index (κ3) is 4.78. The van der Waals surface area contributed by atoms with Crippen LogP contribution in [0.2, 0.25) is 0 Å². The molecule has 1 unspecified atom stereocenters. The average Bonchev–Trinajstić information content (AvgIpc) is 3.16. The minimum absolute atomic E-state index is 0.00207. The maximum absolute atomic E-state index is 14.3. The molecule has 1 aromatic carbocycles. The minimum atomic E-state index is -4.55. The first-order valence-electron chi connectivity index (χ1n) is 8.69. The molecule has 3 rings (SSSR count). The molecule has 9 heteroatoms. The Bertz CT molecular complexity index is 865. The van der Waals surface area contributed by atoms with Gasteiger partial charge in [0.15, 0.2) is 0 Å². The van der Waals surface area contributed by atoms with Crippen molar-refractivity contribution in [2.24, 2.45) is 5.92 Å². The van der Waals surface area contributed by atoms with Crippen molar-refractivity contribution in [3.05, 3.63) is 53.1 Å². The van der Waals surface area contributed by atoms with Crippen molar-refractivity contribution in [2.75, 3.05) is 18.5 Å². The first-order valence-corrected chi connectivity index (χ1v) is 8.69. The summed E-state index contributed by atoms with van der Waals surface area (Å²) in [7, 11) is 0. The predicted molar refractivity (Wildman–Crippen MR) is 94.4 cm³/mol. The number of pyridine rings is 1. The predicted octanol–water partition coefficient (Wildman–Crippen LogP) is 3.94. The average molecular weight is 397 g/mol. The fourth-order valence-electron chi connectivity index (χ4n) is 2.88. The summed E-state index contributed by atoms with van der Waals surface area (Å²) in [6.07, 6.45) is -2.71. The maximum Gasteiger partial charge on any atom is 0.418 e. The molecular weight excluding hydrogens is 378 g/mol. The highest BCUT2D eigenvalue weighted by Crippen LogP contribution is 2.36. The molecule has 1 saturated heterocycles. The molecule has 2 aromatic rings. The molecule has 0 aliphatic carbocycles. The van der Waals surface area contributed by atoms with E-state index in [0.717, 1.165) is 12.1 Å². The lowest BCUT2D eigenvalue weighted by Crippen LogP contribution is -2.31. The van der Waals surface area contributed by atoms with Gasteiger partial charge in [-0.15, -0.1) is 0 Å². The Morgan fingerprint density at radius 3 is 2.75 bits per heavy atom. The lowest BCUT2D eigenvalue weighted by molar-refractivity contribution is -0.137. The van der Waals surface area contributed by atoms with E-state index in [0.29, 0.717) is 25.2 Å². The first-order chi connectivity index (χ1) is 13.2. The number of halogens is 4. The fraction of sp³-hybridized carbons (Fsp3) is 0.368. The van der Waals surface area contributed by atoms with Crippen molar-refractivity contribution in [3.63, 3.8) is 0 Å². The minimum Gasteiger partial charge on any atom is -0.381 e. The third-order valence-electron chi connectivity index (χ3n) is 4.41. The van der Waals surface area contributed by atoms with Crippen molar-refractivity contribution in [2.45, 2.75) is 26.1 Å². The molecule has 0 radical (unpaired) electrons. The zero-order valence-electron chi connectivity index (χ0n) is 15.1. The largest absolute Gasteiger partial charge is 0.418 e. The van der Waals surface area contributed by atoms with Gasteiger partial charge in [-0.3, -0.25) is 9.78 Å². The van der Waals surface area contributed by atoms with E-state index in [9.17, 15) is 22.4 Å². The van der Waals surface area contributed by atoms with Crippen molar-refractivity contribution < 1.29 is 27.1 Å². The highest BCUT2D eigenvalue weighted by Gasteiger charge is 2.33. The topological polar surface area (TPSA) is 63.2 Å². The van der Waals surface area contributed by atoms with Gasteiger partial charge in [0, 0.05) is 12.7 Å². The van der Waals surface area contributed by atoms with Crippen LogP contribution in [-0.4, -0.2) is 24.1 Å². The number of carbonyl (C=O) groups excluding carboxylic acids is 1. The second-order valence-electron chi connectivity index (χ2n) is 6.60. The Labute approximate surface area is 159 Å². The SMILES string of the molecule is Cc1ccc(Nc2cnc(CNC(=O)C3CCOC3)c(F)c2)c(C(F)(F)F)c1. The maximum atomic E-state index is 14.3. The van der Waals surface area contributed by atoms with E-state index in [1.54, 1.807) is 6.92 Å². The summed E-state index contributed by atoms with van der Waals surface area (Å²) in [4.78, 5) is 15.9. The molecule has 1 fully saturated rings. The Morgan fingerprint density at radius 2 is 2.11 bits per heavy atom. The number of nitrogens with zero attached hydrogens (tertiary/aromatic N) is 1. The normalized spacial score (nSPS) is 16.8. The number of aromatic nitrogens is 1. The van der Waals surface area contributed by atoms with Crippen LogP contribution in [0.25, 0.3) is 0 Å². The molecule has 1 aromatic heterocycles. The molecule has 2 N–H and O–H groups in total. The zero-order valence-corrected chi connectivity index (χ0v) is 15.1. The van der Waals surface area contributed by atoms with E-state index < -0.39 is 17.6 Å². The second kappa shape index (κ2) is 8.14. The summed E-state index contributed by atoms with van der Waals surface area (Å²) < 4.78 is 59.0. The van der Waals surface area contributed by atoms with Crippen LogP contribution in [0.3, 0.4) is 0 Å². The van der Waals surface area contributed by atoms with Crippen LogP contribution in [0.4, 0.5) is 28.9 Å². The van der Waals surface area contributed by atoms with Gasteiger partial charge in [0.05, 0.1) is 47.9 Å². The lowest BCUT2D eigenvalue weighted by Gasteiger charge is -2.16. The molecule has 1 aliphatic rings. The number of amides is 1. The van der Waals surface area contributed by atoms with Crippen molar-refractivity contribution in [1.29, 1.82) is 0 Å². The number of alkyl halides is 3. The van der Waals surface area contributed by atoms with Crippen LogP contribution in [-0.2, 0) is 22.3 Å². The Hall–Kier alpha value is -2.68. The molecule has 150 valence electrons. The molecule has 1 aliphatic heterocycles. The molecule has 1 atom stereocenters. The van der Waals surface area contributed by atoms with Crippen molar-refractivity contribution in [3.8, 4) is 0 Å². The van der Waals surface area contributed by atoms with Gasteiger partial charge < -0.3 is 15.4 Å². The van der Waals surface area contributed by atoms with Crippen molar-refractivity contribution in [1.82, 2.24) is 10.3 Å². The lowest BCUT2D eigenvalue weighted by atomic mass is 10.1. The van der Waals surface area contributed by atoms with Gasteiger partial charge in [0.1, 0.15) is 5.82 Å². The van der Waals surface area contributed by atoms with E-state index in [1.807, 2.05) is 0 Å². The number of aryl methyl sites for hydroxylation is 1. The smallest absolute Gasteiger partial charge is 0.381 e. The van der Waals surface area contributed by atoms with Gasteiger partial charge in [-0.2, -0.15) is 13.2 Å². The Morgan fingerprint density at radius 1 is 1.32 bits per heavy atom. The van der Waals surface area contributed by atoms with E-state index in [4.69, 9.17) is 4.74 Å². The van der Waals surface area contributed by atoms with Gasteiger partial charge >= 0.3 is 6.18 Å². The van der Waals surface area contributed by atoms with Gasteiger partial charge in [0.2, 0.25) is 5.91 Å². The Kier molecular flexibility index (Phi) is 5.83. The summed E-state index contributed by atoms with van der Waals surface area (Å²) in [6.45, 7) is 2.30. The first kappa shape index (κ1) is 20.1. The van der Waals surface area contributed by atoms with Gasteiger partial charge in [0.25, 0.3) is 0 Å². The van der Waals surface area contributed by atoms with Gasteiger partial charge in [-0.25, -0.2) is 4.39 Å². The number of carbonyl (C=O) groups is 1. The summed E-state index contributed by atoms with van der Waals surface area (Å²) in [5.41, 5.74) is -0.505. The number of ether oxygens (including phenoxy) is 1. The standard InChI is InChI=1S/C19H19F4N3O2/c1-11-2-3-16(14(6-11)19(21,22)23)26-13-7-15(20)17(24-8-13)9-25-18(27)12-4-5-28-10-12/h2-3,6-8,12,26H,4-5,9-10H2,1H3,(H,25,27). The van der Waals surface area contributed by atoms with Crippen LogP contribution < -0.4 is 10.6 Å². The van der Waals surface area contributed by atoms with E-state index in [1.165, 1.54) is 18.3 Å². The van der Waals surface area contributed by atoms with Crippen LogP contribution in [0.5, 0.6) is 0 Å². The molecular formula is C19H19F4N3O2. The Balaban J connectivity index is 1.70. The molecule has 1 amide bonds. The fourth-order valence-corrected chi connectivity index (χ4v) is 2.88. The van der Waals surface area contributed by atoms with Crippen molar-refractivity contribution >= 4 is 17.3 Å². The number of nitrogens with one attached hydrogen (secondary N) is 2. The highest BCUT2D eigenvalue weighted by atomic mass is 19.4. The molecule has 2 heterocycles. The van der Waals surface area contributed by atoms with Gasteiger partial charge in [-0.1, -0.05) is 11.6 Å². The number of anilines is 2. The zero-order chi connectivity index (χ0) is 20.3. The molecule has 5 nitrogen and oxygen atoms in total. The third-order valence-corrected chi connectivity index (χ3v) is 4.41. The summed E-state index contributed by atoms with van der Waals surface area (Å²) in [5.74, 6) is -1.23. The monoisotopic (exact) mass is 397 g/mol. The van der Waals surface area contributed by atoms with Crippen LogP contribution in [0.1, 0.15) is 23.2 Å². The molecule has 0 saturated carbocycles. The molecule has 0 bridgehead atoms. The summed E-state index contributed by atoms with van der Waals surface area (Å²) >= 11 is 0. The summed E-state index contributed by atoms with van der Waals surface area (Å²) in [5, 5.41) is 5.15. The van der Waals surface area contributed by atoms with E-state index in [2.05, 4.69) is 15.6 Å².